The molecule has 5 rings (SSSR count). The summed E-state index contributed by atoms with van der Waals surface area (Å²) in [7, 11) is 0. The Morgan fingerprint density at radius 3 is 2.91 bits per heavy atom. The van der Waals surface area contributed by atoms with E-state index in [4.69, 9.17) is 4.74 Å². The number of fused-ring (bicyclic) bond motifs is 1. The molecule has 168 valence electrons. The van der Waals surface area contributed by atoms with E-state index in [1.807, 2.05) is 29.2 Å². The van der Waals surface area contributed by atoms with Crippen LogP contribution in [0.1, 0.15) is 30.1 Å². The number of nitrogens with one attached hydrogen (secondary N) is 3. The lowest BCUT2D eigenvalue weighted by atomic mass is 10.2. The van der Waals surface area contributed by atoms with Gasteiger partial charge in [-0.3, -0.25) is 9.89 Å². The number of para-hydroxylation sites is 2. The quantitative estimate of drug-likeness (QED) is 0.389. The third kappa shape index (κ3) is 4.14. The lowest BCUT2D eigenvalue weighted by molar-refractivity contribution is -0.144. The van der Waals surface area contributed by atoms with Crippen molar-refractivity contribution in [3.8, 4) is 11.5 Å². The van der Waals surface area contributed by atoms with Crippen molar-refractivity contribution in [1.82, 2.24) is 25.1 Å². The summed E-state index contributed by atoms with van der Waals surface area (Å²) in [6.45, 7) is 2.86. The molecule has 0 bridgehead atoms. The summed E-state index contributed by atoms with van der Waals surface area (Å²) in [5, 5.41) is 9.81. The van der Waals surface area contributed by atoms with Gasteiger partial charge in [-0.05, 0) is 44.0 Å². The van der Waals surface area contributed by atoms with Crippen LogP contribution in [-0.2, 0) is 9.53 Å². The Balaban J connectivity index is 1.26. The van der Waals surface area contributed by atoms with Crippen LogP contribution in [0.4, 0.5) is 11.6 Å². The highest BCUT2D eigenvalue weighted by molar-refractivity contribution is 6.03. The fourth-order valence-electron chi connectivity index (χ4n) is 3.99. The van der Waals surface area contributed by atoms with Gasteiger partial charge < -0.3 is 19.9 Å². The first-order chi connectivity index (χ1) is 16.1. The predicted molar refractivity (Wildman–Crippen MR) is 123 cm³/mol. The van der Waals surface area contributed by atoms with Gasteiger partial charge in [-0.2, -0.15) is 5.10 Å². The average molecular weight is 445 g/mol. The van der Waals surface area contributed by atoms with Gasteiger partial charge in [0, 0.05) is 18.8 Å². The zero-order valence-electron chi connectivity index (χ0n) is 18.0. The van der Waals surface area contributed by atoms with Gasteiger partial charge in [0.2, 0.25) is 0 Å². The number of aromatic amines is 2. The molecular formula is C23H23N7O3. The van der Waals surface area contributed by atoms with E-state index < -0.39 is 0 Å². The van der Waals surface area contributed by atoms with E-state index in [9.17, 15) is 9.59 Å². The predicted octanol–water partition coefficient (Wildman–Crippen LogP) is 3.13. The Morgan fingerprint density at radius 1 is 1.24 bits per heavy atom. The number of nitrogens with zero attached hydrogens (tertiary/aromatic N) is 4. The van der Waals surface area contributed by atoms with E-state index in [0.717, 1.165) is 30.4 Å². The second-order valence-electron chi connectivity index (χ2n) is 7.73. The number of carbonyl (C=O) groups excluding carboxylic acids is 2. The van der Waals surface area contributed by atoms with Gasteiger partial charge in [-0.1, -0.05) is 12.1 Å². The summed E-state index contributed by atoms with van der Waals surface area (Å²) >= 11 is 0. The monoisotopic (exact) mass is 445 g/mol. The molecule has 10 nitrogen and oxygen atoms in total. The lowest BCUT2D eigenvalue weighted by Crippen LogP contribution is -2.37. The first kappa shape index (κ1) is 20.7. The van der Waals surface area contributed by atoms with Crippen LogP contribution in [-0.4, -0.2) is 56.2 Å². The number of benzene rings is 1. The minimum Gasteiger partial charge on any atom is -0.464 e. The number of anilines is 2. The molecule has 10 heteroatoms. The first-order valence-electron chi connectivity index (χ1n) is 10.8. The van der Waals surface area contributed by atoms with Crippen LogP contribution in [0.5, 0.6) is 0 Å². The van der Waals surface area contributed by atoms with Gasteiger partial charge in [0.1, 0.15) is 17.6 Å². The molecule has 1 aliphatic rings. The van der Waals surface area contributed by atoms with Crippen LogP contribution in [0, 0.1) is 0 Å². The maximum absolute atomic E-state index is 12.7. The molecule has 0 aliphatic carbocycles. The number of H-pyrrole nitrogens is 2. The zero-order chi connectivity index (χ0) is 22.8. The van der Waals surface area contributed by atoms with Gasteiger partial charge in [-0.25, -0.2) is 14.8 Å². The molecule has 1 atom stereocenters. The van der Waals surface area contributed by atoms with Crippen LogP contribution in [0.3, 0.4) is 0 Å². The fourth-order valence-corrected chi connectivity index (χ4v) is 3.99. The lowest BCUT2D eigenvalue weighted by Gasteiger charge is -2.24. The third-order valence-electron chi connectivity index (χ3n) is 5.58. The van der Waals surface area contributed by atoms with E-state index in [-0.39, 0.29) is 17.9 Å². The normalized spacial score (nSPS) is 15.7. The number of pyridine rings is 1. The molecule has 0 saturated carbocycles. The Bertz CT molecular complexity index is 1260. The highest BCUT2D eigenvalue weighted by Gasteiger charge is 2.32. The smallest absolute Gasteiger partial charge is 0.328 e. The van der Waals surface area contributed by atoms with E-state index in [1.54, 1.807) is 25.1 Å². The van der Waals surface area contributed by atoms with Gasteiger partial charge in [0.05, 0.1) is 23.2 Å². The SMILES string of the molecule is CCOC(=O)C1CCCN1c1ccc(C(=O)Nc2cc(-c3nc4ccccc4[nH]3)[nH]n2)cn1. The molecule has 1 fully saturated rings. The number of amides is 1. The van der Waals surface area contributed by atoms with Crippen molar-refractivity contribution in [3.63, 3.8) is 0 Å². The van der Waals surface area contributed by atoms with Crippen molar-refractivity contribution in [1.29, 1.82) is 0 Å². The largest absolute Gasteiger partial charge is 0.464 e. The van der Waals surface area contributed by atoms with Crippen LogP contribution in [0.25, 0.3) is 22.6 Å². The van der Waals surface area contributed by atoms with Crippen molar-refractivity contribution in [2.75, 3.05) is 23.4 Å². The van der Waals surface area contributed by atoms with Gasteiger partial charge in [0.15, 0.2) is 11.6 Å². The van der Waals surface area contributed by atoms with Gasteiger partial charge in [-0.15, -0.1) is 0 Å². The summed E-state index contributed by atoms with van der Waals surface area (Å²) in [5.41, 5.74) is 2.82. The highest BCUT2D eigenvalue weighted by atomic mass is 16.5. The maximum atomic E-state index is 12.7. The van der Waals surface area contributed by atoms with Crippen molar-refractivity contribution in [2.24, 2.45) is 0 Å². The van der Waals surface area contributed by atoms with Gasteiger partial charge >= 0.3 is 5.97 Å². The van der Waals surface area contributed by atoms with Crippen molar-refractivity contribution in [2.45, 2.75) is 25.8 Å². The van der Waals surface area contributed by atoms with Crippen molar-refractivity contribution >= 4 is 34.5 Å². The van der Waals surface area contributed by atoms with Crippen molar-refractivity contribution < 1.29 is 14.3 Å². The van der Waals surface area contributed by atoms with Crippen LogP contribution >= 0.6 is 0 Å². The van der Waals surface area contributed by atoms with E-state index in [2.05, 4.69) is 30.5 Å². The number of ether oxygens (including phenoxy) is 1. The molecule has 1 amide bonds. The van der Waals surface area contributed by atoms with Crippen molar-refractivity contribution in [3.05, 3.63) is 54.2 Å². The average Bonchev–Trinajstić information content (AvgIpc) is 3.58. The summed E-state index contributed by atoms with van der Waals surface area (Å²) in [6.07, 6.45) is 3.12. The number of hydrogen-bond acceptors (Lipinski definition) is 7. The Labute approximate surface area is 189 Å². The molecule has 1 aliphatic heterocycles. The molecule has 4 heterocycles. The number of aromatic nitrogens is 5. The molecule has 0 spiro atoms. The minimum atomic E-state index is -0.335. The molecule has 3 N–H and O–H groups in total. The fraction of sp³-hybridized carbons (Fsp3) is 0.261. The molecule has 1 saturated heterocycles. The van der Waals surface area contributed by atoms with Crippen LogP contribution in [0.15, 0.2) is 48.7 Å². The Morgan fingerprint density at radius 2 is 2.12 bits per heavy atom. The topological polar surface area (TPSA) is 129 Å². The zero-order valence-corrected chi connectivity index (χ0v) is 18.0. The number of imidazole rings is 1. The van der Waals surface area contributed by atoms with Gasteiger partial charge in [0.25, 0.3) is 5.91 Å². The maximum Gasteiger partial charge on any atom is 0.328 e. The minimum absolute atomic E-state index is 0.239. The number of carbonyl (C=O) groups is 2. The molecule has 1 aromatic carbocycles. The standard InChI is InChI=1S/C23H23N7O3/c1-2-33-23(32)18-8-5-11-30(18)20-10-9-14(13-24-20)22(31)27-19-12-17(28-29-19)21-25-15-6-3-4-7-16(15)26-21/h3-4,6-7,9-10,12-13,18H,2,5,8,11H2,1H3,(H,25,26)(H2,27,28,29,31). The Kier molecular flexibility index (Phi) is 5.47. The summed E-state index contributed by atoms with van der Waals surface area (Å²) in [5.74, 6) is 1.09. The molecule has 3 aromatic heterocycles. The summed E-state index contributed by atoms with van der Waals surface area (Å²) < 4.78 is 5.17. The Hall–Kier alpha value is -4.21. The summed E-state index contributed by atoms with van der Waals surface area (Å²) in [6, 6.07) is 12.5. The van der Waals surface area contributed by atoms with Crippen LogP contribution < -0.4 is 10.2 Å². The highest BCUT2D eigenvalue weighted by Crippen LogP contribution is 2.25. The van der Waals surface area contributed by atoms with E-state index in [0.29, 0.717) is 35.3 Å². The number of esters is 1. The molecule has 33 heavy (non-hydrogen) atoms. The molecule has 4 aromatic rings. The molecular weight excluding hydrogens is 422 g/mol. The summed E-state index contributed by atoms with van der Waals surface area (Å²) in [4.78, 5) is 38.9. The molecule has 0 radical (unpaired) electrons. The second-order valence-corrected chi connectivity index (χ2v) is 7.73. The van der Waals surface area contributed by atoms with Crippen LogP contribution in [0.2, 0.25) is 0 Å². The number of rotatable bonds is 6. The molecule has 1 unspecified atom stereocenters. The second kappa shape index (κ2) is 8.73. The van der Waals surface area contributed by atoms with E-state index in [1.165, 1.54) is 6.20 Å². The van der Waals surface area contributed by atoms with E-state index >= 15 is 0 Å². The number of hydrogen-bond donors (Lipinski definition) is 3. The first-order valence-corrected chi connectivity index (χ1v) is 10.8. The third-order valence-corrected chi connectivity index (χ3v) is 5.58.